The topological polar surface area (TPSA) is 68.5 Å². The van der Waals surface area contributed by atoms with Gasteiger partial charge in [0.05, 0.1) is 0 Å². The van der Waals surface area contributed by atoms with E-state index in [1.807, 2.05) is 18.2 Å². The molecule has 5 nitrogen and oxygen atoms in total. The van der Waals surface area contributed by atoms with E-state index in [0.717, 1.165) is 5.39 Å². The van der Waals surface area contributed by atoms with Crippen LogP contribution in [-0.2, 0) is 9.53 Å². The van der Waals surface area contributed by atoms with E-state index >= 15 is 0 Å². The third-order valence-electron chi connectivity index (χ3n) is 3.39. The van der Waals surface area contributed by atoms with Crippen molar-refractivity contribution in [3.8, 4) is 0 Å². The number of amides is 1. The van der Waals surface area contributed by atoms with Gasteiger partial charge in [-0.2, -0.15) is 0 Å². The standard InChI is InChI=1S/C18H14ClNO4/c1-11(17(21)20-14-8-6-13(19)7-9-14)23-18(22)16-10-12-4-2-3-5-15(12)24-16/h2-11H,1H3,(H,20,21)/t11-/m1/s1. The average Bonchev–Trinajstić information content (AvgIpc) is 3.01. The molecule has 1 aromatic heterocycles. The van der Waals surface area contributed by atoms with Gasteiger partial charge < -0.3 is 14.5 Å². The number of hydrogen-bond acceptors (Lipinski definition) is 4. The van der Waals surface area contributed by atoms with E-state index < -0.39 is 18.0 Å². The molecule has 0 saturated carbocycles. The molecular weight excluding hydrogens is 330 g/mol. The van der Waals surface area contributed by atoms with Crippen LogP contribution < -0.4 is 5.32 Å². The van der Waals surface area contributed by atoms with Crippen LogP contribution in [0.1, 0.15) is 17.5 Å². The number of carbonyl (C=O) groups is 2. The highest BCUT2D eigenvalue weighted by Gasteiger charge is 2.21. The van der Waals surface area contributed by atoms with E-state index in [1.54, 1.807) is 36.4 Å². The number of hydrogen-bond donors (Lipinski definition) is 1. The SMILES string of the molecule is C[C@@H](OC(=O)c1cc2ccccc2o1)C(=O)Nc1ccc(Cl)cc1. The Morgan fingerprint density at radius 1 is 1.12 bits per heavy atom. The van der Waals surface area contributed by atoms with Gasteiger partial charge in [-0.15, -0.1) is 0 Å². The molecule has 2 aromatic carbocycles. The molecular formula is C18H14ClNO4. The van der Waals surface area contributed by atoms with E-state index in [2.05, 4.69) is 5.32 Å². The van der Waals surface area contributed by atoms with Gasteiger partial charge in [0.2, 0.25) is 5.76 Å². The number of esters is 1. The molecule has 1 amide bonds. The van der Waals surface area contributed by atoms with Crippen LogP contribution in [0.5, 0.6) is 0 Å². The van der Waals surface area contributed by atoms with E-state index in [-0.39, 0.29) is 5.76 Å². The predicted molar refractivity (Wildman–Crippen MR) is 91.2 cm³/mol. The molecule has 24 heavy (non-hydrogen) atoms. The van der Waals surface area contributed by atoms with Gasteiger partial charge in [0.25, 0.3) is 5.91 Å². The summed E-state index contributed by atoms with van der Waals surface area (Å²) in [5.41, 5.74) is 1.15. The van der Waals surface area contributed by atoms with E-state index in [0.29, 0.717) is 16.3 Å². The zero-order valence-corrected chi connectivity index (χ0v) is 13.5. The van der Waals surface area contributed by atoms with Crippen LogP contribution in [0.25, 0.3) is 11.0 Å². The summed E-state index contributed by atoms with van der Waals surface area (Å²) < 4.78 is 10.6. The van der Waals surface area contributed by atoms with Gasteiger partial charge in [0, 0.05) is 16.1 Å². The summed E-state index contributed by atoms with van der Waals surface area (Å²) in [4.78, 5) is 24.2. The number of anilines is 1. The van der Waals surface area contributed by atoms with Gasteiger partial charge in [-0.25, -0.2) is 4.79 Å². The van der Waals surface area contributed by atoms with E-state index in [4.69, 9.17) is 20.8 Å². The Labute approximate surface area is 143 Å². The molecule has 0 unspecified atom stereocenters. The maximum atomic E-state index is 12.1. The highest BCUT2D eigenvalue weighted by atomic mass is 35.5. The lowest BCUT2D eigenvalue weighted by Crippen LogP contribution is -2.29. The fraction of sp³-hybridized carbons (Fsp3) is 0.111. The molecule has 0 aliphatic heterocycles. The van der Waals surface area contributed by atoms with Crippen molar-refractivity contribution in [3.63, 3.8) is 0 Å². The first-order valence-corrected chi connectivity index (χ1v) is 7.67. The maximum Gasteiger partial charge on any atom is 0.375 e. The molecule has 0 fully saturated rings. The first-order chi connectivity index (χ1) is 11.5. The fourth-order valence-electron chi connectivity index (χ4n) is 2.13. The number of furan rings is 1. The Balaban J connectivity index is 1.64. The minimum absolute atomic E-state index is 0.0577. The Hall–Kier alpha value is -2.79. The lowest BCUT2D eigenvalue weighted by atomic mass is 10.2. The predicted octanol–water partition coefficient (Wildman–Crippen LogP) is 4.27. The monoisotopic (exact) mass is 343 g/mol. The second-order valence-corrected chi connectivity index (χ2v) is 5.63. The Kier molecular flexibility index (Phi) is 4.53. The van der Waals surface area contributed by atoms with Crippen molar-refractivity contribution in [1.82, 2.24) is 0 Å². The summed E-state index contributed by atoms with van der Waals surface area (Å²) >= 11 is 5.79. The first kappa shape index (κ1) is 16.1. The summed E-state index contributed by atoms with van der Waals surface area (Å²) in [6, 6.07) is 15.4. The van der Waals surface area contributed by atoms with Crippen LogP contribution >= 0.6 is 11.6 Å². The number of halogens is 1. The van der Waals surface area contributed by atoms with Gasteiger partial charge in [-0.3, -0.25) is 4.79 Å². The Morgan fingerprint density at radius 2 is 1.83 bits per heavy atom. The van der Waals surface area contributed by atoms with Crippen molar-refractivity contribution in [2.75, 3.05) is 5.32 Å². The normalized spacial score (nSPS) is 11.9. The second-order valence-electron chi connectivity index (χ2n) is 5.19. The van der Waals surface area contributed by atoms with Crippen LogP contribution in [0.15, 0.2) is 59.0 Å². The number of ether oxygens (including phenoxy) is 1. The minimum atomic E-state index is -0.971. The van der Waals surface area contributed by atoms with Crippen LogP contribution in [-0.4, -0.2) is 18.0 Å². The maximum absolute atomic E-state index is 12.1. The highest BCUT2D eigenvalue weighted by Crippen LogP contribution is 2.20. The molecule has 0 spiro atoms. The van der Waals surface area contributed by atoms with Crippen molar-refractivity contribution in [3.05, 3.63) is 65.4 Å². The number of rotatable bonds is 4. The summed E-state index contributed by atoms with van der Waals surface area (Å²) in [6.45, 7) is 1.49. The molecule has 0 radical (unpaired) electrons. The zero-order chi connectivity index (χ0) is 17.1. The molecule has 6 heteroatoms. The Morgan fingerprint density at radius 3 is 2.54 bits per heavy atom. The molecule has 1 atom stereocenters. The van der Waals surface area contributed by atoms with Gasteiger partial charge in [-0.05, 0) is 43.3 Å². The van der Waals surface area contributed by atoms with Crippen LogP contribution in [0.4, 0.5) is 5.69 Å². The quantitative estimate of drug-likeness (QED) is 0.718. The molecule has 3 rings (SSSR count). The molecule has 0 saturated heterocycles. The van der Waals surface area contributed by atoms with Crippen LogP contribution in [0.2, 0.25) is 5.02 Å². The van der Waals surface area contributed by atoms with Crippen LogP contribution in [0, 0.1) is 0 Å². The third-order valence-corrected chi connectivity index (χ3v) is 3.64. The number of fused-ring (bicyclic) bond motifs is 1. The first-order valence-electron chi connectivity index (χ1n) is 7.29. The lowest BCUT2D eigenvalue weighted by molar-refractivity contribution is -0.123. The smallest absolute Gasteiger partial charge is 0.375 e. The van der Waals surface area contributed by atoms with Gasteiger partial charge in [0.15, 0.2) is 6.10 Å². The Bertz CT molecular complexity index is 852. The highest BCUT2D eigenvalue weighted by molar-refractivity contribution is 6.30. The summed E-state index contributed by atoms with van der Waals surface area (Å²) in [6.07, 6.45) is -0.971. The van der Waals surface area contributed by atoms with E-state index in [9.17, 15) is 9.59 Å². The van der Waals surface area contributed by atoms with Crippen molar-refractivity contribution in [2.45, 2.75) is 13.0 Å². The molecule has 1 N–H and O–H groups in total. The van der Waals surface area contributed by atoms with Gasteiger partial charge in [0.1, 0.15) is 5.58 Å². The molecule has 3 aromatic rings. The molecule has 0 aliphatic rings. The molecule has 0 bridgehead atoms. The second kappa shape index (κ2) is 6.76. The fourth-order valence-corrected chi connectivity index (χ4v) is 2.26. The summed E-state index contributed by atoms with van der Waals surface area (Å²) in [7, 11) is 0. The molecule has 122 valence electrons. The van der Waals surface area contributed by atoms with E-state index in [1.165, 1.54) is 6.92 Å². The number of para-hydroxylation sites is 1. The average molecular weight is 344 g/mol. The van der Waals surface area contributed by atoms with Crippen molar-refractivity contribution in [1.29, 1.82) is 0 Å². The molecule has 1 heterocycles. The van der Waals surface area contributed by atoms with Crippen LogP contribution in [0.3, 0.4) is 0 Å². The number of benzene rings is 2. The largest absolute Gasteiger partial charge is 0.449 e. The van der Waals surface area contributed by atoms with Crippen molar-refractivity contribution < 1.29 is 18.7 Å². The summed E-state index contributed by atoms with van der Waals surface area (Å²) in [5.74, 6) is -1.07. The molecule has 0 aliphatic carbocycles. The minimum Gasteiger partial charge on any atom is -0.449 e. The van der Waals surface area contributed by atoms with Crippen molar-refractivity contribution >= 4 is 40.1 Å². The number of nitrogens with one attached hydrogen (secondary N) is 1. The third kappa shape index (κ3) is 3.58. The lowest BCUT2D eigenvalue weighted by Gasteiger charge is -2.12. The zero-order valence-electron chi connectivity index (χ0n) is 12.8. The number of carbonyl (C=O) groups excluding carboxylic acids is 2. The van der Waals surface area contributed by atoms with Gasteiger partial charge >= 0.3 is 5.97 Å². The van der Waals surface area contributed by atoms with Crippen molar-refractivity contribution in [2.24, 2.45) is 0 Å². The van der Waals surface area contributed by atoms with Gasteiger partial charge in [-0.1, -0.05) is 29.8 Å². The summed E-state index contributed by atoms with van der Waals surface area (Å²) in [5, 5.41) is 4.01.